The molecule has 0 spiro atoms. The van der Waals surface area contributed by atoms with Gasteiger partial charge >= 0.3 is 0 Å². The Morgan fingerprint density at radius 3 is 2.30 bits per heavy atom. The monoisotopic (exact) mass is 403 g/mol. The van der Waals surface area contributed by atoms with E-state index in [4.69, 9.17) is 5.73 Å². The molecule has 0 aliphatic carbocycles. The molecule has 0 atom stereocenters. The predicted octanol–water partition coefficient (Wildman–Crippen LogP) is 3.13. The summed E-state index contributed by atoms with van der Waals surface area (Å²) in [5, 5.41) is 7.35. The van der Waals surface area contributed by atoms with Crippen molar-refractivity contribution in [2.45, 2.75) is 19.8 Å². The van der Waals surface area contributed by atoms with Crippen LogP contribution >= 0.6 is 0 Å². The second kappa shape index (κ2) is 8.41. The summed E-state index contributed by atoms with van der Waals surface area (Å²) >= 11 is 0. The Labute approximate surface area is 175 Å². The highest BCUT2D eigenvalue weighted by Crippen LogP contribution is 2.24. The van der Waals surface area contributed by atoms with Crippen LogP contribution in [0.1, 0.15) is 29.0 Å². The number of benzene rings is 2. The Hall–Kier alpha value is -3.61. The number of para-hydroxylation sites is 1. The van der Waals surface area contributed by atoms with Crippen LogP contribution in [0.25, 0.3) is 5.69 Å². The van der Waals surface area contributed by atoms with Crippen molar-refractivity contribution >= 4 is 23.2 Å². The fraction of sp³-hybridized carbons (Fsp3) is 0.261. The summed E-state index contributed by atoms with van der Waals surface area (Å²) in [6.45, 7) is 3.53. The minimum absolute atomic E-state index is 0.0287. The van der Waals surface area contributed by atoms with Crippen LogP contribution < -0.4 is 16.0 Å². The first-order valence-electron chi connectivity index (χ1n) is 10.1. The van der Waals surface area contributed by atoms with Crippen LogP contribution in [0.2, 0.25) is 0 Å². The lowest BCUT2D eigenvalue weighted by Crippen LogP contribution is -2.38. The molecule has 0 unspecified atom stereocenters. The Kier molecular flexibility index (Phi) is 5.52. The average Bonchev–Trinajstić information content (AvgIpc) is 3.17. The van der Waals surface area contributed by atoms with Gasteiger partial charge in [-0.25, -0.2) is 4.68 Å². The first-order valence-corrected chi connectivity index (χ1v) is 10.1. The number of anilines is 2. The van der Waals surface area contributed by atoms with E-state index >= 15 is 0 Å². The van der Waals surface area contributed by atoms with Crippen molar-refractivity contribution in [3.05, 3.63) is 72.1 Å². The van der Waals surface area contributed by atoms with Gasteiger partial charge in [-0.3, -0.25) is 9.59 Å². The van der Waals surface area contributed by atoms with Crippen molar-refractivity contribution in [1.82, 2.24) is 9.78 Å². The molecule has 2 aromatic carbocycles. The normalized spacial score (nSPS) is 14.5. The van der Waals surface area contributed by atoms with E-state index < -0.39 is 0 Å². The summed E-state index contributed by atoms with van der Waals surface area (Å²) in [7, 11) is 0. The molecule has 2 heterocycles. The molecule has 7 heteroatoms. The Morgan fingerprint density at radius 1 is 1.00 bits per heavy atom. The van der Waals surface area contributed by atoms with Gasteiger partial charge in [0.15, 0.2) is 5.69 Å². The molecule has 0 saturated carbocycles. The zero-order valence-corrected chi connectivity index (χ0v) is 16.9. The van der Waals surface area contributed by atoms with Crippen LogP contribution in [-0.4, -0.2) is 34.7 Å². The summed E-state index contributed by atoms with van der Waals surface area (Å²) < 4.78 is 1.76. The molecule has 1 aliphatic rings. The lowest BCUT2D eigenvalue weighted by Gasteiger charge is -2.32. The third-order valence-electron chi connectivity index (χ3n) is 5.51. The molecular formula is C23H25N5O2. The number of hydrogen-bond donors (Lipinski definition) is 2. The molecule has 1 aromatic heterocycles. The van der Waals surface area contributed by atoms with E-state index in [0.717, 1.165) is 43.0 Å². The third-order valence-corrected chi connectivity index (χ3v) is 5.51. The zero-order chi connectivity index (χ0) is 21.1. The SMILES string of the molecule is Cc1cc(C(=O)Nc2ccc(N3CCC(C(N)=O)CC3)cc2)nn1-c1ccccc1. The van der Waals surface area contributed by atoms with Gasteiger partial charge in [-0.15, -0.1) is 0 Å². The highest BCUT2D eigenvalue weighted by atomic mass is 16.2. The van der Waals surface area contributed by atoms with E-state index in [1.54, 1.807) is 10.7 Å². The summed E-state index contributed by atoms with van der Waals surface area (Å²) in [4.78, 5) is 26.2. The smallest absolute Gasteiger partial charge is 0.276 e. The number of hydrogen-bond acceptors (Lipinski definition) is 4. The van der Waals surface area contributed by atoms with Crippen molar-refractivity contribution < 1.29 is 9.59 Å². The van der Waals surface area contributed by atoms with Crippen LogP contribution in [0, 0.1) is 12.8 Å². The molecule has 2 amide bonds. The van der Waals surface area contributed by atoms with Crippen LogP contribution in [0.3, 0.4) is 0 Å². The molecule has 7 nitrogen and oxygen atoms in total. The molecule has 1 aliphatic heterocycles. The summed E-state index contributed by atoms with van der Waals surface area (Å²) in [6.07, 6.45) is 1.55. The largest absolute Gasteiger partial charge is 0.371 e. The maximum absolute atomic E-state index is 12.7. The van der Waals surface area contributed by atoms with Gasteiger partial charge in [-0.05, 0) is 62.2 Å². The molecule has 3 aromatic rings. The molecule has 30 heavy (non-hydrogen) atoms. The van der Waals surface area contributed by atoms with E-state index in [9.17, 15) is 9.59 Å². The summed E-state index contributed by atoms with van der Waals surface area (Å²) in [6, 6.07) is 19.2. The maximum atomic E-state index is 12.7. The molecule has 4 rings (SSSR count). The van der Waals surface area contributed by atoms with Crippen molar-refractivity contribution in [3.63, 3.8) is 0 Å². The molecule has 3 N–H and O–H groups in total. The molecular weight excluding hydrogens is 378 g/mol. The molecule has 1 saturated heterocycles. The van der Waals surface area contributed by atoms with E-state index in [0.29, 0.717) is 11.4 Å². The summed E-state index contributed by atoms with van der Waals surface area (Å²) in [5.41, 5.74) is 9.36. The van der Waals surface area contributed by atoms with Crippen molar-refractivity contribution in [3.8, 4) is 5.69 Å². The van der Waals surface area contributed by atoms with E-state index in [-0.39, 0.29) is 17.7 Å². The van der Waals surface area contributed by atoms with Gasteiger partial charge in [0.1, 0.15) is 0 Å². The number of carbonyl (C=O) groups is 2. The van der Waals surface area contributed by atoms with Crippen molar-refractivity contribution in [2.24, 2.45) is 11.7 Å². The fourth-order valence-electron chi connectivity index (χ4n) is 3.79. The quantitative estimate of drug-likeness (QED) is 0.684. The molecule has 154 valence electrons. The minimum atomic E-state index is -0.247. The first-order chi connectivity index (χ1) is 14.5. The second-order valence-corrected chi connectivity index (χ2v) is 7.58. The van der Waals surface area contributed by atoms with Crippen LogP contribution in [0.4, 0.5) is 11.4 Å². The number of nitrogens with one attached hydrogen (secondary N) is 1. The second-order valence-electron chi connectivity index (χ2n) is 7.58. The number of aromatic nitrogens is 2. The van der Waals surface area contributed by atoms with Crippen LogP contribution in [-0.2, 0) is 4.79 Å². The van der Waals surface area contributed by atoms with Gasteiger partial charge in [-0.1, -0.05) is 18.2 Å². The predicted molar refractivity (Wildman–Crippen MR) is 117 cm³/mol. The van der Waals surface area contributed by atoms with E-state index in [1.807, 2.05) is 61.5 Å². The van der Waals surface area contributed by atoms with Gasteiger partial charge in [0.25, 0.3) is 5.91 Å². The Balaban J connectivity index is 1.40. The minimum Gasteiger partial charge on any atom is -0.371 e. The topological polar surface area (TPSA) is 93.2 Å². The Morgan fingerprint density at radius 2 is 1.67 bits per heavy atom. The molecule has 0 bridgehead atoms. The lowest BCUT2D eigenvalue weighted by molar-refractivity contribution is -0.122. The van der Waals surface area contributed by atoms with Crippen molar-refractivity contribution in [1.29, 1.82) is 0 Å². The highest BCUT2D eigenvalue weighted by molar-refractivity contribution is 6.03. The van der Waals surface area contributed by atoms with Gasteiger partial charge < -0.3 is 16.0 Å². The van der Waals surface area contributed by atoms with Gasteiger partial charge in [-0.2, -0.15) is 5.10 Å². The van der Waals surface area contributed by atoms with Crippen LogP contribution in [0.15, 0.2) is 60.7 Å². The van der Waals surface area contributed by atoms with Crippen molar-refractivity contribution in [2.75, 3.05) is 23.3 Å². The molecule has 0 radical (unpaired) electrons. The van der Waals surface area contributed by atoms with Gasteiger partial charge in [0.2, 0.25) is 5.91 Å². The average molecular weight is 403 g/mol. The first kappa shape index (κ1) is 19.7. The molecule has 1 fully saturated rings. The number of nitrogens with zero attached hydrogens (tertiary/aromatic N) is 3. The number of rotatable bonds is 5. The van der Waals surface area contributed by atoms with E-state index in [1.165, 1.54) is 0 Å². The highest BCUT2D eigenvalue weighted by Gasteiger charge is 2.23. The maximum Gasteiger partial charge on any atom is 0.276 e. The number of aryl methyl sites for hydroxylation is 1. The third kappa shape index (κ3) is 4.20. The fourth-order valence-corrected chi connectivity index (χ4v) is 3.79. The number of carbonyl (C=O) groups excluding carboxylic acids is 2. The number of primary amides is 1. The Bertz CT molecular complexity index is 1040. The lowest BCUT2D eigenvalue weighted by atomic mass is 9.96. The van der Waals surface area contributed by atoms with Gasteiger partial charge in [0, 0.05) is 36.1 Å². The standard InChI is InChI=1S/C23H25N5O2/c1-16-15-21(26-28(16)20-5-3-2-4-6-20)23(30)25-18-7-9-19(10-8-18)27-13-11-17(12-14-27)22(24)29/h2-10,15,17H,11-14H2,1H3,(H2,24,29)(H,25,30). The van der Waals surface area contributed by atoms with E-state index in [2.05, 4.69) is 15.3 Å². The zero-order valence-electron chi connectivity index (χ0n) is 16.9. The summed E-state index contributed by atoms with van der Waals surface area (Å²) in [5.74, 6) is -0.487. The van der Waals surface area contributed by atoms with Gasteiger partial charge in [0.05, 0.1) is 5.69 Å². The number of piperidine rings is 1. The number of amides is 2. The number of nitrogens with two attached hydrogens (primary N) is 1. The van der Waals surface area contributed by atoms with Crippen LogP contribution in [0.5, 0.6) is 0 Å².